The smallest absolute Gasteiger partial charge is 0.223 e. The van der Waals surface area contributed by atoms with Crippen LogP contribution in [0.5, 0.6) is 0 Å². The molecule has 4 nitrogen and oxygen atoms in total. The lowest BCUT2D eigenvalue weighted by Gasteiger charge is -2.21. The first kappa shape index (κ1) is 17.0. The van der Waals surface area contributed by atoms with Gasteiger partial charge in [-0.15, -0.1) is 12.4 Å². The summed E-state index contributed by atoms with van der Waals surface area (Å²) in [5, 5.41) is 6.21. The van der Waals surface area contributed by atoms with E-state index in [0.717, 1.165) is 31.5 Å². The van der Waals surface area contributed by atoms with Crippen molar-refractivity contribution in [1.82, 2.24) is 10.6 Å². The Morgan fingerprint density at radius 2 is 1.95 bits per heavy atom. The third-order valence-electron chi connectivity index (χ3n) is 3.37. The van der Waals surface area contributed by atoms with E-state index in [1.807, 2.05) is 30.3 Å². The minimum absolute atomic E-state index is 0. The summed E-state index contributed by atoms with van der Waals surface area (Å²) >= 11 is 0. The molecule has 20 heavy (non-hydrogen) atoms. The predicted octanol–water partition coefficient (Wildman–Crippen LogP) is 1.74. The summed E-state index contributed by atoms with van der Waals surface area (Å²) in [6.07, 6.45) is 1.88. The van der Waals surface area contributed by atoms with Crippen LogP contribution in [0.1, 0.15) is 18.4 Å². The Morgan fingerprint density at radius 3 is 2.65 bits per heavy atom. The van der Waals surface area contributed by atoms with Crippen molar-refractivity contribution in [1.29, 1.82) is 0 Å². The maximum atomic E-state index is 11.8. The molecule has 1 aromatic carbocycles. The van der Waals surface area contributed by atoms with Crippen molar-refractivity contribution < 1.29 is 9.53 Å². The molecule has 0 radical (unpaired) electrons. The van der Waals surface area contributed by atoms with Gasteiger partial charge in [-0.3, -0.25) is 4.79 Å². The number of piperidine rings is 1. The second-order valence-corrected chi connectivity index (χ2v) is 4.85. The van der Waals surface area contributed by atoms with Crippen molar-refractivity contribution in [2.75, 3.05) is 26.2 Å². The molecule has 1 aromatic rings. The summed E-state index contributed by atoms with van der Waals surface area (Å²) in [7, 11) is 0. The van der Waals surface area contributed by atoms with Crippen molar-refractivity contribution in [3.63, 3.8) is 0 Å². The Balaban J connectivity index is 0.00000200. The molecule has 2 N–H and O–H groups in total. The molecule has 5 heteroatoms. The molecular weight excluding hydrogens is 276 g/mol. The molecule has 1 saturated heterocycles. The van der Waals surface area contributed by atoms with Crippen LogP contribution in [0, 0.1) is 5.92 Å². The summed E-state index contributed by atoms with van der Waals surface area (Å²) < 4.78 is 5.53. The van der Waals surface area contributed by atoms with Gasteiger partial charge in [-0.25, -0.2) is 0 Å². The fraction of sp³-hybridized carbons (Fsp3) is 0.533. The SMILES string of the molecule is Cl.O=C(NCCOCc1ccccc1)C1CCNCC1. The van der Waals surface area contributed by atoms with Crippen molar-refractivity contribution in [3.05, 3.63) is 35.9 Å². The van der Waals surface area contributed by atoms with Gasteiger partial charge in [0, 0.05) is 12.5 Å². The highest BCUT2D eigenvalue weighted by Crippen LogP contribution is 2.10. The first-order chi connectivity index (χ1) is 9.36. The van der Waals surface area contributed by atoms with Crippen LogP contribution in [-0.4, -0.2) is 32.1 Å². The zero-order valence-electron chi connectivity index (χ0n) is 11.6. The van der Waals surface area contributed by atoms with Gasteiger partial charge >= 0.3 is 0 Å². The summed E-state index contributed by atoms with van der Waals surface area (Å²) in [4.78, 5) is 11.8. The number of hydrogen-bond donors (Lipinski definition) is 2. The molecule has 2 rings (SSSR count). The summed E-state index contributed by atoms with van der Waals surface area (Å²) in [6, 6.07) is 10.1. The number of ether oxygens (including phenoxy) is 1. The van der Waals surface area contributed by atoms with Gasteiger partial charge in [0.05, 0.1) is 13.2 Å². The molecule has 0 unspecified atom stereocenters. The predicted molar refractivity (Wildman–Crippen MR) is 81.9 cm³/mol. The first-order valence-electron chi connectivity index (χ1n) is 6.96. The van der Waals surface area contributed by atoms with Crippen molar-refractivity contribution >= 4 is 18.3 Å². The van der Waals surface area contributed by atoms with Crippen LogP contribution in [0.3, 0.4) is 0 Å². The topological polar surface area (TPSA) is 50.4 Å². The zero-order valence-corrected chi connectivity index (χ0v) is 12.5. The van der Waals surface area contributed by atoms with Gasteiger partial charge in [-0.05, 0) is 31.5 Å². The average molecular weight is 299 g/mol. The third-order valence-corrected chi connectivity index (χ3v) is 3.37. The maximum absolute atomic E-state index is 11.8. The molecule has 0 aliphatic carbocycles. The van der Waals surface area contributed by atoms with Crippen LogP contribution in [0.4, 0.5) is 0 Å². The number of benzene rings is 1. The van der Waals surface area contributed by atoms with Crippen molar-refractivity contribution in [2.45, 2.75) is 19.4 Å². The molecule has 1 aliphatic heterocycles. The zero-order chi connectivity index (χ0) is 13.3. The number of amides is 1. The second kappa shape index (κ2) is 9.75. The fourth-order valence-electron chi connectivity index (χ4n) is 2.24. The Morgan fingerprint density at radius 1 is 1.25 bits per heavy atom. The molecule has 1 amide bonds. The van der Waals surface area contributed by atoms with E-state index in [2.05, 4.69) is 10.6 Å². The first-order valence-corrected chi connectivity index (χ1v) is 6.96. The Bertz CT molecular complexity index is 381. The van der Waals surface area contributed by atoms with E-state index in [9.17, 15) is 4.79 Å². The molecular formula is C15H23ClN2O2. The van der Waals surface area contributed by atoms with Gasteiger partial charge in [-0.2, -0.15) is 0 Å². The van der Waals surface area contributed by atoms with Gasteiger partial charge in [0.1, 0.15) is 0 Å². The van der Waals surface area contributed by atoms with Gasteiger partial charge in [0.25, 0.3) is 0 Å². The summed E-state index contributed by atoms with van der Waals surface area (Å²) in [5.74, 6) is 0.347. The number of rotatable bonds is 6. The highest BCUT2D eigenvalue weighted by atomic mass is 35.5. The monoisotopic (exact) mass is 298 g/mol. The molecule has 0 spiro atoms. The van der Waals surface area contributed by atoms with E-state index >= 15 is 0 Å². The van der Waals surface area contributed by atoms with Crippen LogP contribution in [0.2, 0.25) is 0 Å². The largest absolute Gasteiger partial charge is 0.375 e. The number of hydrogen-bond acceptors (Lipinski definition) is 3. The molecule has 0 saturated carbocycles. The quantitative estimate of drug-likeness (QED) is 0.787. The van der Waals surface area contributed by atoms with Crippen molar-refractivity contribution in [2.24, 2.45) is 5.92 Å². The van der Waals surface area contributed by atoms with E-state index in [1.54, 1.807) is 0 Å². The molecule has 112 valence electrons. The van der Waals surface area contributed by atoms with E-state index < -0.39 is 0 Å². The van der Waals surface area contributed by atoms with E-state index in [0.29, 0.717) is 19.8 Å². The Hall–Kier alpha value is -1.10. The number of carbonyl (C=O) groups is 1. The van der Waals surface area contributed by atoms with Gasteiger partial charge in [0.15, 0.2) is 0 Å². The summed E-state index contributed by atoms with van der Waals surface area (Å²) in [6.45, 7) is 3.65. The normalized spacial score (nSPS) is 15.4. The lowest BCUT2D eigenvalue weighted by Crippen LogP contribution is -2.39. The Kier molecular flexibility index (Phi) is 8.26. The lowest BCUT2D eigenvalue weighted by molar-refractivity contribution is -0.126. The fourth-order valence-corrected chi connectivity index (χ4v) is 2.24. The second-order valence-electron chi connectivity index (χ2n) is 4.85. The third kappa shape index (κ3) is 5.90. The average Bonchev–Trinajstić information content (AvgIpc) is 2.49. The molecule has 0 atom stereocenters. The molecule has 0 aromatic heterocycles. The number of nitrogens with one attached hydrogen (secondary N) is 2. The molecule has 1 aliphatic rings. The van der Waals surface area contributed by atoms with Crippen LogP contribution in [0.15, 0.2) is 30.3 Å². The standard InChI is InChI=1S/C15H22N2O2.ClH/c18-15(14-6-8-16-9-7-14)17-10-11-19-12-13-4-2-1-3-5-13;/h1-5,14,16H,6-12H2,(H,17,18);1H. The van der Waals surface area contributed by atoms with Crippen LogP contribution in [0.25, 0.3) is 0 Å². The van der Waals surface area contributed by atoms with Crippen LogP contribution >= 0.6 is 12.4 Å². The van der Waals surface area contributed by atoms with Gasteiger partial charge in [-0.1, -0.05) is 30.3 Å². The molecule has 0 bridgehead atoms. The van der Waals surface area contributed by atoms with Crippen molar-refractivity contribution in [3.8, 4) is 0 Å². The minimum atomic E-state index is 0. The van der Waals surface area contributed by atoms with E-state index in [1.165, 1.54) is 0 Å². The van der Waals surface area contributed by atoms with Crippen LogP contribution in [-0.2, 0) is 16.1 Å². The highest BCUT2D eigenvalue weighted by molar-refractivity contribution is 5.85. The highest BCUT2D eigenvalue weighted by Gasteiger charge is 2.19. The molecule has 1 fully saturated rings. The van der Waals surface area contributed by atoms with E-state index in [4.69, 9.17) is 4.74 Å². The maximum Gasteiger partial charge on any atom is 0.223 e. The Labute approximate surface area is 126 Å². The minimum Gasteiger partial charge on any atom is -0.375 e. The molecule has 1 heterocycles. The number of carbonyl (C=O) groups excluding carboxylic acids is 1. The van der Waals surface area contributed by atoms with E-state index in [-0.39, 0.29) is 24.2 Å². The summed E-state index contributed by atoms with van der Waals surface area (Å²) in [5.41, 5.74) is 1.16. The lowest BCUT2D eigenvalue weighted by atomic mass is 9.97. The van der Waals surface area contributed by atoms with Crippen LogP contribution < -0.4 is 10.6 Å². The van der Waals surface area contributed by atoms with Gasteiger partial charge in [0.2, 0.25) is 5.91 Å². The number of halogens is 1. The van der Waals surface area contributed by atoms with Gasteiger partial charge < -0.3 is 15.4 Å².